The Hall–Kier alpha value is -2.82. The van der Waals surface area contributed by atoms with Crippen molar-refractivity contribution in [2.75, 3.05) is 13.1 Å². The zero-order chi connectivity index (χ0) is 17.8. The molecule has 5 heteroatoms. The van der Waals surface area contributed by atoms with E-state index in [-0.39, 0.29) is 5.91 Å². The molecule has 26 heavy (non-hydrogen) atoms. The van der Waals surface area contributed by atoms with Crippen LogP contribution in [0.2, 0.25) is 0 Å². The lowest BCUT2D eigenvalue weighted by molar-refractivity contribution is 0.0759. The van der Waals surface area contributed by atoms with E-state index in [0.717, 1.165) is 44.3 Å². The number of hydrogen-bond acceptors (Lipinski definition) is 4. The van der Waals surface area contributed by atoms with E-state index < -0.39 is 0 Å². The highest BCUT2D eigenvalue weighted by atomic mass is 16.2. The quantitative estimate of drug-likeness (QED) is 0.728. The molecule has 1 aliphatic rings. The standard InChI is InChI=1S/C21H22N4O/c26-21(19-7-10-23-24-15-19)25-11-2-3-16(8-12-25)13-17-5-6-20-18(14-17)4-1-9-22-20/h1,4-7,9-10,14-16H,2-3,8,11-13H2/t16-/m1/s1. The molecule has 0 bridgehead atoms. The van der Waals surface area contributed by atoms with Crippen molar-refractivity contribution in [3.63, 3.8) is 0 Å². The second kappa shape index (κ2) is 7.60. The van der Waals surface area contributed by atoms with Crippen molar-refractivity contribution >= 4 is 16.8 Å². The van der Waals surface area contributed by atoms with E-state index in [0.29, 0.717) is 11.5 Å². The van der Waals surface area contributed by atoms with Crippen molar-refractivity contribution in [3.05, 3.63) is 66.1 Å². The maximum atomic E-state index is 12.6. The van der Waals surface area contributed by atoms with Gasteiger partial charge in [-0.25, -0.2) is 0 Å². The summed E-state index contributed by atoms with van der Waals surface area (Å²) in [5, 5.41) is 8.76. The number of carbonyl (C=O) groups excluding carboxylic acids is 1. The second-order valence-electron chi connectivity index (χ2n) is 6.95. The van der Waals surface area contributed by atoms with Gasteiger partial charge in [-0.15, -0.1) is 0 Å². The third-order valence-electron chi connectivity index (χ3n) is 5.16. The Balaban J connectivity index is 1.41. The molecule has 0 N–H and O–H groups in total. The highest BCUT2D eigenvalue weighted by Gasteiger charge is 2.22. The van der Waals surface area contributed by atoms with Crippen molar-refractivity contribution in [1.29, 1.82) is 0 Å². The highest BCUT2D eigenvalue weighted by molar-refractivity contribution is 5.93. The van der Waals surface area contributed by atoms with Crippen LogP contribution in [-0.2, 0) is 6.42 Å². The number of carbonyl (C=O) groups is 1. The fourth-order valence-corrected chi connectivity index (χ4v) is 3.76. The van der Waals surface area contributed by atoms with Gasteiger partial charge in [-0.1, -0.05) is 12.1 Å². The number of likely N-dealkylation sites (tertiary alicyclic amines) is 1. The fourth-order valence-electron chi connectivity index (χ4n) is 3.76. The van der Waals surface area contributed by atoms with Crippen LogP contribution in [0.15, 0.2) is 55.0 Å². The Morgan fingerprint density at radius 3 is 2.92 bits per heavy atom. The number of hydrogen-bond donors (Lipinski definition) is 0. The van der Waals surface area contributed by atoms with E-state index in [9.17, 15) is 4.79 Å². The Bertz CT molecular complexity index is 897. The molecule has 1 aliphatic heterocycles. The topological polar surface area (TPSA) is 59.0 Å². The lowest BCUT2D eigenvalue weighted by Gasteiger charge is -2.20. The molecule has 0 spiro atoms. The maximum Gasteiger partial charge on any atom is 0.255 e. The van der Waals surface area contributed by atoms with Crippen LogP contribution in [0.5, 0.6) is 0 Å². The minimum Gasteiger partial charge on any atom is -0.339 e. The van der Waals surface area contributed by atoms with Gasteiger partial charge in [0.2, 0.25) is 0 Å². The summed E-state index contributed by atoms with van der Waals surface area (Å²) in [7, 11) is 0. The predicted octanol–water partition coefficient (Wildman–Crippen LogP) is 3.51. The first-order valence-corrected chi connectivity index (χ1v) is 9.19. The van der Waals surface area contributed by atoms with E-state index in [4.69, 9.17) is 0 Å². The Morgan fingerprint density at radius 2 is 2.04 bits per heavy atom. The predicted molar refractivity (Wildman–Crippen MR) is 101 cm³/mol. The summed E-state index contributed by atoms with van der Waals surface area (Å²) in [5.74, 6) is 0.676. The van der Waals surface area contributed by atoms with Crippen LogP contribution < -0.4 is 0 Å². The van der Waals surface area contributed by atoms with Crippen molar-refractivity contribution < 1.29 is 4.79 Å². The van der Waals surface area contributed by atoms with Gasteiger partial charge in [-0.3, -0.25) is 9.78 Å². The molecule has 1 aromatic carbocycles. The van der Waals surface area contributed by atoms with Crippen molar-refractivity contribution in [2.24, 2.45) is 5.92 Å². The summed E-state index contributed by atoms with van der Waals surface area (Å²) < 4.78 is 0. The molecular weight excluding hydrogens is 324 g/mol. The molecule has 3 aromatic rings. The molecule has 1 saturated heterocycles. The summed E-state index contributed by atoms with van der Waals surface area (Å²) in [6.45, 7) is 1.63. The molecule has 5 nitrogen and oxygen atoms in total. The zero-order valence-corrected chi connectivity index (χ0v) is 14.7. The van der Waals surface area contributed by atoms with Gasteiger partial charge in [0, 0.05) is 24.7 Å². The van der Waals surface area contributed by atoms with Gasteiger partial charge >= 0.3 is 0 Å². The molecule has 1 amide bonds. The minimum atomic E-state index is 0.0670. The smallest absolute Gasteiger partial charge is 0.255 e. The molecule has 0 saturated carbocycles. The molecular formula is C21H22N4O. The third kappa shape index (κ3) is 3.72. The van der Waals surface area contributed by atoms with E-state index in [1.807, 2.05) is 17.2 Å². The van der Waals surface area contributed by atoms with Gasteiger partial charge in [-0.05, 0) is 61.4 Å². The summed E-state index contributed by atoms with van der Waals surface area (Å²) in [6, 6.07) is 12.4. The van der Waals surface area contributed by atoms with Crippen LogP contribution in [-0.4, -0.2) is 39.1 Å². The molecule has 2 aromatic heterocycles. The number of aromatic nitrogens is 3. The Kier molecular flexibility index (Phi) is 4.86. The van der Waals surface area contributed by atoms with Gasteiger partial charge < -0.3 is 4.90 Å². The van der Waals surface area contributed by atoms with E-state index in [1.54, 1.807) is 18.5 Å². The Labute approximate surface area is 153 Å². The van der Waals surface area contributed by atoms with E-state index >= 15 is 0 Å². The zero-order valence-electron chi connectivity index (χ0n) is 14.7. The van der Waals surface area contributed by atoms with E-state index in [1.165, 1.54) is 10.9 Å². The van der Waals surface area contributed by atoms with Crippen molar-refractivity contribution in [3.8, 4) is 0 Å². The van der Waals surface area contributed by atoms with Crippen LogP contribution in [0.3, 0.4) is 0 Å². The van der Waals surface area contributed by atoms with Gasteiger partial charge in [0.15, 0.2) is 0 Å². The number of benzene rings is 1. The number of amides is 1. The largest absolute Gasteiger partial charge is 0.339 e. The molecule has 0 unspecified atom stereocenters. The first kappa shape index (κ1) is 16.6. The average Bonchev–Trinajstić information content (AvgIpc) is 2.93. The summed E-state index contributed by atoms with van der Waals surface area (Å²) in [5.41, 5.74) is 3.02. The lowest BCUT2D eigenvalue weighted by atomic mass is 9.92. The van der Waals surface area contributed by atoms with Crippen LogP contribution in [0.4, 0.5) is 0 Å². The minimum absolute atomic E-state index is 0.0670. The number of rotatable bonds is 3. The molecule has 0 radical (unpaired) electrons. The summed E-state index contributed by atoms with van der Waals surface area (Å²) in [6.07, 6.45) is 9.25. The van der Waals surface area contributed by atoms with Gasteiger partial charge in [-0.2, -0.15) is 10.2 Å². The number of fused-ring (bicyclic) bond motifs is 1. The number of pyridine rings is 1. The first-order valence-electron chi connectivity index (χ1n) is 9.19. The van der Waals surface area contributed by atoms with Crippen LogP contribution in [0.25, 0.3) is 10.9 Å². The third-order valence-corrected chi connectivity index (χ3v) is 5.16. The highest BCUT2D eigenvalue weighted by Crippen LogP contribution is 2.24. The summed E-state index contributed by atoms with van der Waals surface area (Å²) in [4.78, 5) is 19.0. The van der Waals surface area contributed by atoms with Crippen LogP contribution >= 0.6 is 0 Å². The van der Waals surface area contributed by atoms with Crippen LogP contribution in [0, 0.1) is 5.92 Å². The monoisotopic (exact) mass is 346 g/mol. The lowest BCUT2D eigenvalue weighted by Crippen LogP contribution is -2.32. The average molecular weight is 346 g/mol. The number of nitrogens with zero attached hydrogens (tertiary/aromatic N) is 4. The summed E-state index contributed by atoms with van der Waals surface area (Å²) >= 11 is 0. The molecule has 3 heterocycles. The fraction of sp³-hybridized carbons (Fsp3) is 0.333. The van der Waals surface area contributed by atoms with Crippen LogP contribution in [0.1, 0.15) is 35.2 Å². The molecule has 1 fully saturated rings. The Morgan fingerprint density at radius 1 is 1.08 bits per heavy atom. The molecule has 1 atom stereocenters. The molecule has 4 rings (SSSR count). The first-order chi connectivity index (χ1) is 12.8. The van der Waals surface area contributed by atoms with Crippen molar-refractivity contribution in [2.45, 2.75) is 25.7 Å². The molecule has 0 aliphatic carbocycles. The maximum absolute atomic E-state index is 12.6. The van der Waals surface area contributed by atoms with Gasteiger partial charge in [0.25, 0.3) is 5.91 Å². The van der Waals surface area contributed by atoms with Crippen molar-refractivity contribution in [1.82, 2.24) is 20.1 Å². The SMILES string of the molecule is O=C(c1ccnnc1)N1CCC[C@@H](Cc2ccc3ncccc3c2)CC1. The molecule has 132 valence electrons. The normalized spacial score (nSPS) is 17.8. The van der Waals surface area contributed by atoms with Gasteiger partial charge in [0.05, 0.1) is 23.5 Å². The van der Waals surface area contributed by atoms with Gasteiger partial charge in [0.1, 0.15) is 0 Å². The second-order valence-corrected chi connectivity index (χ2v) is 6.95. The van der Waals surface area contributed by atoms with E-state index in [2.05, 4.69) is 39.4 Å².